The Labute approximate surface area is 337 Å². The Morgan fingerprint density at radius 1 is 0.431 bits per heavy atom. The van der Waals surface area contributed by atoms with E-state index in [1.54, 1.807) is 116 Å². The van der Waals surface area contributed by atoms with Gasteiger partial charge in [0.2, 0.25) is 0 Å². The van der Waals surface area contributed by atoms with Gasteiger partial charge >= 0.3 is 24.2 Å². The molecule has 0 aliphatic rings. The Hall–Kier alpha value is -5.76. The second-order valence-electron chi connectivity index (χ2n) is 12.6. The lowest BCUT2D eigenvalue weighted by molar-refractivity contribution is -0.796. The van der Waals surface area contributed by atoms with E-state index in [4.69, 9.17) is 19.7 Å². The molecule has 4 heterocycles. The summed E-state index contributed by atoms with van der Waals surface area (Å²) in [6.45, 7) is 3.35. The van der Waals surface area contributed by atoms with E-state index in [1.165, 1.54) is 13.8 Å². The monoisotopic (exact) mass is 808 g/mol. The molecule has 18 nitrogen and oxygen atoms in total. The van der Waals surface area contributed by atoms with Gasteiger partial charge in [-0.05, 0) is 13.8 Å². The number of pyridine rings is 4. The molecule has 0 saturated carbocycles. The molecule has 0 fully saturated rings. The van der Waals surface area contributed by atoms with E-state index in [9.17, 15) is 29.4 Å². The van der Waals surface area contributed by atoms with Crippen LogP contribution < -0.4 is 39.5 Å². The summed E-state index contributed by atoms with van der Waals surface area (Å²) < 4.78 is 16.8. The van der Waals surface area contributed by atoms with Crippen molar-refractivity contribution in [1.29, 1.82) is 0 Å². The van der Waals surface area contributed by atoms with Crippen molar-refractivity contribution in [3.05, 3.63) is 122 Å². The predicted molar refractivity (Wildman–Crippen MR) is 204 cm³/mol. The van der Waals surface area contributed by atoms with E-state index < -0.39 is 48.6 Å². The first kappa shape index (κ1) is 46.6. The van der Waals surface area contributed by atoms with E-state index in [1.807, 2.05) is 24.3 Å². The summed E-state index contributed by atoms with van der Waals surface area (Å²) in [6.07, 6.45) is 11.8. The molecule has 6 atom stereocenters. The third-order valence-corrected chi connectivity index (χ3v) is 8.25. The van der Waals surface area contributed by atoms with Crippen LogP contribution in [0.2, 0.25) is 0 Å². The average Bonchev–Trinajstić information content (AvgIpc) is 3.24. The number of aliphatic hydroxyl groups is 4. The van der Waals surface area contributed by atoms with Gasteiger partial charge in [-0.15, -0.1) is 0 Å². The molecule has 0 radical (unpaired) electrons. The highest BCUT2D eigenvalue weighted by molar-refractivity contribution is 5.88. The van der Waals surface area contributed by atoms with Crippen molar-refractivity contribution in [2.45, 2.75) is 50.6 Å². The van der Waals surface area contributed by atoms with Gasteiger partial charge in [-0.1, -0.05) is 24.3 Å². The Bertz CT molecular complexity index is 1650. The van der Waals surface area contributed by atoms with E-state index in [-0.39, 0.29) is 64.4 Å². The van der Waals surface area contributed by atoms with Crippen LogP contribution >= 0.6 is 0 Å². The van der Waals surface area contributed by atoms with Crippen molar-refractivity contribution in [1.82, 2.24) is 21.3 Å². The van der Waals surface area contributed by atoms with Crippen molar-refractivity contribution in [3.8, 4) is 0 Å². The first-order valence-corrected chi connectivity index (χ1v) is 18.8. The van der Waals surface area contributed by atoms with Gasteiger partial charge in [0.25, 0.3) is 23.6 Å². The number of ether oxygens (including phenoxy) is 2. The second kappa shape index (κ2) is 26.2. The van der Waals surface area contributed by atoms with E-state index in [2.05, 4.69) is 21.3 Å². The maximum Gasteiger partial charge on any atom is 0.306 e. The molecular weight excluding hydrogens is 752 g/mol. The lowest BCUT2D eigenvalue weighted by atomic mass is 10.0. The van der Waals surface area contributed by atoms with E-state index in [0.29, 0.717) is 0 Å². The fourth-order valence-electron chi connectivity index (χ4n) is 5.74. The number of carbonyl (C=O) groups is 4. The first-order chi connectivity index (χ1) is 28.1. The molecule has 18 heteroatoms. The largest absolute Gasteiger partial charge is 0.395 e. The van der Waals surface area contributed by atoms with Crippen LogP contribution in [0.25, 0.3) is 0 Å². The SMILES string of the molecule is CC(O)OCCNC(=O)C(C(C(=O)NCCOC(C)O)[n+]1ccccc1)[n+]1ccccc1.O=C(NCCO)C(C(C(=O)NCCO)[n+]1ccccc1)[n+]1ccccc1. The third-order valence-electron chi connectivity index (χ3n) is 8.25. The normalized spacial score (nSPS) is 13.9. The van der Waals surface area contributed by atoms with Gasteiger partial charge in [0.05, 0.1) is 26.4 Å². The van der Waals surface area contributed by atoms with E-state index in [0.717, 1.165) is 0 Å². The van der Waals surface area contributed by atoms with Crippen molar-refractivity contribution in [2.24, 2.45) is 0 Å². The van der Waals surface area contributed by atoms with Crippen LogP contribution in [-0.4, -0.2) is 109 Å². The third kappa shape index (κ3) is 15.6. The first-order valence-electron chi connectivity index (χ1n) is 18.8. The van der Waals surface area contributed by atoms with Crippen LogP contribution in [0.3, 0.4) is 0 Å². The number of aromatic nitrogens is 4. The van der Waals surface area contributed by atoms with Crippen molar-refractivity contribution in [2.75, 3.05) is 52.6 Å². The maximum atomic E-state index is 13.2. The summed E-state index contributed by atoms with van der Waals surface area (Å²) in [5.41, 5.74) is 0. The molecule has 8 N–H and O–H groups in total. The van der Waals surface area contributed by atoms with Crippen LogP contribution in [0.1, 0.15) is 38.0 Å². The lowest BCUT2D eigenvalue weighted by Crippen LogP contribution is -2.62. The van der Waals surface area contributed by atoms with Crippen LogP contribution in [0.4, 0.5) is 0 Å². The molecule has 4 aromatic heterocycles. The highest BCUT2D eigenvalue weighted by atomic mass is 16.6. The van der Waals surface area contributed by atoms with Gasteiger partial charge in [-0.3, -0.25) is 19.2 Å². The smallest absolute Gasteiger partial charge is 0.306 e. The molecule has 58 heavy (non-hydrogen) atoms. The van der Waals surface area contributed by atoms with Gasteiger partial charge < -0.3 is 51.2 Å². The molecule has 0 aliphatic heterocycles. The van der Waals surface area contributed by atoms with Crippen LogP contribution in [0.15, 0.2) is 122 Å². The number of carbonyl (C=O) groups excluding carboxylic acids is 4. The molecule has 4 aromatic rings. The number of hydrogen-bond donors (Lipinski definition) is 8. The molecule has 0 aromatic carbocycles. The zero-order valence-electron chi connectivity index (χ0n) is 32.7. The molecule has 0 spiro atoms. The second-order valence-corrected chi connectivity index (χ2v) is 12.6. The van der Waals surface area contributed by atoms with E-state index >= 15 is 0 Å². The summed E-state index contributed by atoms with van der Waals surface area (Å²) in [6, 6.07) is 17.9. The van der Waals surface area contributed by atoms with Gasteiger partial charge in [0.1, 0.15) is 0 Å². The quantitative estimate of drug-likeness (QED) is 0.0232. The number of rotatable bonds is 22. The average molecular weight is 809 g/mol. The Kier molecular flexibility index (Phi) is 21.1. The Morgan fingerprint density at radius 3 is 0.862 bits per heavy atom. The lowest BCUT2D eigenvalue weighted by Gasteiger charge is -2.19. The molecular formula is C40H56N8O10+4. The number of amides is 4. The standard InChI is InChI=1S/C22H30N4O6.C18H22N4O4/c1-17(27)31-15-9-23-21(29)19(25-11-5-3-6-12-25)20(26-13-7-4-8-14-26)22(30)24-10-16-32-18(2)28;23-13-7-19-17(25)15(21-9-3-1-4-10-21)16(18(26)20-8-14-24)22-11-5-2-6-12-22/h3-8,11-14,17-20,27-28H,9-10,15-16H2,1-2H3;1-6,9-12,15-16,23-24H,7-8,13-14H2/p+4. The Balaban J connectivity index is 0.000000317. The minimum atomic E-state index is -0.937. The zero-order chi connectivity index (χ0) is 42.1. The minimum absolute atomic E-state index is 0.0904. The van der Waals surface area contributed by atoms with Gasteiger partial charge in [-0.2, -0.15) is 18.3 Å². The highest BCUT2D eigenvalue weighted by Crippen LogP contribution is 2.15. The van der Waals surface area contributed by atoms with Gasteiger partial charge in [0.15, 0.2) is 62.2 Å². The van der Waals surface area contributed by atoms with Gasteiger partial charge in [-0.25, -0.2) is 0 Å². The van der Waals surface area contributed by atoms with Gasteiger partial charge in [0, 0.05) is 74.7 Å². The fraction of sp³-hybridized carbons (Fsp3) is 0.400. The molecule has 312 valence electrons. The summed E-state index contributed by atoms with van der Waals surface area (Å²) in [7, 11) is 0. The highest BCUT2D eigenvalue weighted by Gasteiger charge is 2.49. The van der Waals surface area contributed by atoms with Crippen molar-refractivity contribution in [3.63, 3.8) is 0 Å². The van der Waals surface area contributed by atoms with Crippen LogP contribution in [-0.2, 0) is 28.7 Å². The predicted octanol–water partition coefficient (Wildman–Crippen LogP) is -2.75. The molecule has 4 amide bonds. The number of hydrogen-bond acceptors (Lipinski definition) is 10. The molecule has 4 rings (SSSR count). The van der Waals surface area contributed by atoms with Crippen molar-refractivity contribution < 1.29 is 67.3 Å². The molecule has 0 bridgehead atoms. The molecule has 0 aliphatic carbocycles. The fourth-order valence-corrected chi connectivity index (χ4v) is 5.74. The number of aliphatic hydroxyl groups excluding tert-OH is 4. The topological polar surface area (TPSA) is 231 Å². The maximum absolute atomic E-state index is 13.2. The van der Waals surface area contributed by atoms with Crippen LogP contribution in [0.5, 0.6) is 0 Å². The van der Waals surface area contributed by atoms with Crippen molar-refractivity contribution >= 4 is 23.6 Å². The Morgan fingerprint density at radius 2 is 0.655 bits per heavy atom. The van der Waals surface area contributed by atoms with Crippen LogP contribution in [0, 0.1) is 0 Å². The number of nitrogens with zero attached hydrogens (tertiary/aromatic N) is 4. The zero-order valence-corrected chi connectivity index (χ0v) is 32.7. The summed E-state index contributed by atoms with van der Waals surface area (Å²) in [5.74, 6) is -1.55. The molecule has 0 saturated heterocycles. The summed E-state index contributed by atoms with van der Waals surface area (Å²) in [5, 5.41) is 47.3. The number of nitrogens with one attached hydrogen (secondary N) is 4. The summed E-state index contributed by atoms with van der Waals surface area (Å²) >= 11 is 0. The molecule has 6 unspecified atom stereocenters. The summed E-state index contributed by atoms with van der Waals surface area (Å²) in [4.78, 5) is 52.1. The minimum Gasteiger partial charge on any atom is -0.395 e.